The SMILES string of the molecule is CCN(CC(N)=S)C(=O)C1CCCc2ccccc21. The maximum Gasteiger partial charge on any atom is 0.230 e. The van der Waals surface area contributed by atoms with Crippen molar-refractivity contribution < 1.29 is 4.79 Å². The zero-order chi connectivity index (χ0) is 13.8. The molecule has 1 aliphatic rings. The Morgan fingerprint density at radius 1 is 1.47 bits per heavy atom. The third-order valence-corrected chi connectivity index (χ3v) is 3.84. The fourth-order valence-corrected chi connectivity index (χ4v) is 2.92. The lowest BCUT2D eigenvalue weighted by atomic mass is 9.82. The van der Waals surface area contributed by atoms with E-state index in [-0.39, 0.29) is 11.8 Å². The Bertz CT molecular complexity index is 487. The van der Waals surface area contributed by atoms with E-state index in [0.29, 0.717) is 18.1 Å². The van der Waals surface area contributed by atoms with Crippen molar-refractivity contribution in [2.45, 2.75) is 32.1 Å². The van der Waals surface area contributed by atoms with Crippen LogP contribution in [0.1, 0.15) is 36.8 Å². The van der Waals surface area contributed by atoms with E-state index in [1.807, 2.05) is 19.1 Å². The van der Waals surface area contributed by atoms with Crippen LogP contribution in [0, 0.1) is 0 Å². The second-order valence-corrected chi connectivity index (χ2v) is 5.49. The number of carbonyl (C=O) groups excluding carboxylic acids is 1. The van der Waals surface area contributed by atoms with Gasteiger partial charge in [-0.15, -0.1) is 0 Å². The molecule has 0 fully saturated rings. The molecule has 0 saturated heterocycles. The predicted octanol–water partition coefficient (Wildman–Crippen LogP) is 2.24. The average Bonchev–Trinajstić information content (AvgIpc) is 2.43. The number of nitrogens with two attached hydrogens (primary N) is 1. The van der Waals surface area contributed by atoms with Gasteiger partial charge in [0, 0.05) is 6.54 Å². The van der Waals surface area contributed by atoms with Crippen molar-refractivity contribution in [2.24, 2.45) is 5.73 Å². The first-order valence-electron chi connectivity index (χ1n) is 6.78. The van der Waals surface area contributed by atoms with Crippen LogP contribution < -0.4 is 5.73 Å². The number of rotatable bonds is 4. The van der Waals surface area contributed by atoms with E-state index in [9.17, 15) is 4.79 Å². The van der Waals surface area contributed by atoms with E-state index in [1.54, 1.807) is 4.90 Å². The maximum atomic E-state index is 12.6. The molecule has 0 spiro atoms. The van der Waals surface area contributed by atoms with Crippen LogP contribution in [-0.2, 0) is 11.2 Å². The smallest absolute Gasteiger partial charge is 0.230 e. The highest BCUT2D eigenvalue weighted by Gasteiger charge is 2.29. The van der Waals surface area contributed by atoms with Gasteiger partial charge in [0.25, 0.3) is 0 Å². The molecular formula is C15H20N2OS. The minimum absolute atomic E-state index is 0.0285. The highest BCUT2D eigenvalue weighted by Crippen LogP contribution is 2.32. The summed E-state index contributed by atoms with van der Waals surface area (Å²) in [7, 11) is 0. The van der Waals surface area contributed by atoms with Crippen molar-refractivity contribution in [3.8, 4) is 0 Å². The largest absolute Gasteiger partial charge is 0.392 e. The molecule has 2 rings (SSSR count). The van der Waals surface area contributed by atoms with Gasteiger partial charge in [0.15, 0.2) is 0 Å². The number of aryl methyl sites for hydroxylation is 1. The lowest BCUT2D eigenvalue weighted by Crippen LogP contribution is -2.41. The summed E-state index contributed by atoms with van der Waals surface area (Å²) in [6.45, 7) is 2.99. The van der Waals surface area contributed by atoms with E-state index in [2.05, 4.69) is 12.1 Å². The van der Waals surface area contributed by atoms with Gasteiger partial charge in [-0.25, -0.2) is 0 Å². The number of fused-ring (bicyclic) bond motifs is 1. The lowest BCUT2D eigenvalue weighted by Gasteiger charge is -2.30. The van der Waals surface area contributed by atoms with Gasteiger partial charge in [0.05, 0.1) is 17.5 Å². The van der Waals surface area contributed by atoms with Crippen LogP contribution in [0.25, 0.3) is 0 Å². The van der Waals surface area contributed by atoms with E-state index in [1.165, 1.54) is 11.1 Å². The van der Waals surface area contributed by atoms with Crippen LogP contribution in [0.2, 0.25) is 0 Å². The molecule has 0 aliphatic heterocycles. The molecule has 0 heterocycles. The first-order valence-corrected chi connectivity index (χ1v) is 7.19. The van der Waals surface area contributed by atoms with Crippen molar-refractivity contribution in [1.82, 2.24) is 4.90 Å². The molecule has 1 unspecified atom stereocenters. The van der Waals surface area contributed by atoms with Gasteiger partial charge in [-0.3, -0.25) is 4.79 Å². The van der Waals surface area contributed by atoms with Gasteiger partial charge < -0.3 is 10.6 Å². The van der Waals surface area contributed by atoms with Crippen molar-refractivity contribution in [3.63, 3.8) is 0 Å². The molecule has 1 aromatic rings. The summed E-state index contributed by atoms with van der Waals surface area (Å²) < 4.78 is 0. The molecule has 1 atom stereocenters. The highest BCUT2D eigenvalue weighted by molar-refractivity contribution is 7.80. The fraction of sp³-hybridized carbons (Fsp3) is 0.467. The summed E-state index contributed by atoms with van der Waals surface area (Å²) >= 11 is 4.92. The Hall–Kier alpha value is -1.42. The first-order chi connectivity index (χ1) is 9.13. The van der Waals surface area contributed by atoms with Crippen LogP contribution in [0.4, 0.5) is 0 Å². The van der Waals surface area contributed by atoms with E-state index >= 15 is 0 Å². The Balaban J connectivity index is 2.22. The van der Waals surface area contributed by atoms with Gasteiger partial charge in [0.1, 0.15) is 0 Å². The fourth-order valence-electron chi connectivity index (χ4n) is 2.76. The van der Waals surface area contributed by atoms with Crippen molar-refractivity contribution >= 4 is 23.1 Å². The van der Waals surface area contributed by atoms with Crippen LogP contribution in [0.15, 0.2) is 24.3 Å². The number of nitrogens with zero attached hydrogens (tertiary/aromatic N) is 1. The molecule has 19 heavy (non-hydrogen) atoms. The summed E-state index contributed by atoms with van der Waals surface area (Å²) in [6, 6.07) is 8.25. The Morgan fingerprint density at radius 2 is 2.21 bits per heavy atom. The number of likely N-dealkylation sites (N-methyl/N-ethyl adjacent to an activating group) is 1. The minimum atomic E-state index is -0.0285. The molecule has 0 bridgehead atoms. The molecule has 1 aliphatic carbocycles. The monoisotopic (exact) mass is 276 g/mol. The molecule has 3 nitrogen and oxygen atoms in total. The zero-order valence-corrected chi connectivity index (χ0v) is 12.1. The van der Waals surface area contributed by atoms with E-state index < -0.39 is 0 Å². The van der Waals surface area contributed by atoms with Crippen molar-refractivity contribution in [3.05, 3.63) is 35.4 Å². The number of amides is 1. The number of hydrogen-bond acceptors (Lipinski definition) is 2. The quantitative estimate of drug-likeness (QED) is 0.858. The van der Waals surface area contributed by atoms with E-state index in [0.717, 1.165) is 19.3 Å². The maximum absolute atomic E-state index is 12.6. The lowest BCUT2D eigenvalue weighted by molar-refractivity contribution is -0.132. The third-order valence-electron chi connectivity index (χ3n) is 3.71. The predicted molar refractivity (Wildman–Crippen MR) is 81.2 cm³/mol. The number of benzene rings is 1. The van der Waals surface area contributed by atoms with Gasteiger partial charge >= 0.3 is 0 Å². The van der Waals surface area contributed by atoms with Crippen LogP contribution in [0.5, 0.6) is 0 Å². The zero-order valence-electron chi connectivity index (χ0n) is 11.3. The minimum Gasteiger partial charge on any atom is -0.392 e. The summed E-state index contributed by atoms with van der Waals surface area (Å²) in [6.07, 6.45) is 3.06. The standard InChI is InChI=1S/C15H20N2OS/c1-2-17(10-14(16)19)15(18)13-9-5-7-11-6-3-4-8-12(11)13/h3-4,6,8,13H,2,5,7,9-10H2,1H3,(H2,16,19). The Kier molecular flexibility index (Phi) is 4.53. The summed E-state index contributed by atoms with van der Waals surface area (Å²) in [4.78, 5) is 14.8. The van der Waals surface area contributed by atoms with E-state index in [4.69, 9.17) is 18.0 Å². The number of hydrogen-bond donors (Lipinski definition) is 1. The second-order valence-electron chi connectivity index (χ2n) is 4.96. The average molecular weight is 276 g/mol. The highest BCUT2D eigenvalue weighted by atomic mass is 32.1. The Morgan fingerprint density at radius 3 is 2.89 bits per heavy atom. The third kappa shape index (κ3) is 3.13. The summed E-state index contributed by atoms with van der Waals surface area (Å²) in [5, 5.41) is 0. The molecule has 4 heteroatoms. The molecule has 0 aromatic heterocycles. The van der Waals surface area contributed by atoms with Gasteiger partial charge in [-0.2, -0.15) is 0 Å². The molecule has 0 radical (unpaired) electrons. The second kappa shape index (κ2) is 6.15. The summed E-state index contributed by atoms with van der Waals surface area (Å²) in [5.41, 5.74) is 8.05. The molecule has 102 valence electrons. The molecule has 1 amide bonds. The molecule has 1 aromatic carbocycles. The van der Waals surface area contributed by atoms with Gasteiger partial charge in [0.2, 0.25) is 5.91 Å². The number of carbonyl (C=O) groups is 1. The normalized spacial score (nSPS) is 17.6. The molecule has 2 N–H and O–H groups in total. The van der Waals surface area contributed by atoms with Gasteiger partial charge in [-0.05, 0) is 37.3 Å². The van der Waals surface area contributed by atoms with Crippen LogP contribution in [-0.4, -0.2) is 28.9 Å². The van der Waals surface area contributed by atoms with Crippen molar-refractivity contribution in [1.29, 1.82) is 0 Å². The summed E-state index contributed by atoms with van der Waals surface area (Å²) in [5.74, 6) is 0.127. The number of thiocarbonyl (C=S) groups is 1. The van der Waals surface area contributed by atoms with Crippen molar-refractivity contribution in [2.75, 3.05) is 13.1 Å². The van der Waals surface area contributed by atoms with Crippen LogP contribution >= 0.6 is 12.2 Å². The topological polar surface area (TPSA) is 46.3 Å². The van der Waals surface area contributed by atoms with Gasteiger partial charge in [-0.1, -0.05) is 36.5 Å². The first kappa shape index (κ1) is 14.0. The van der Waals surface area contributed by atoms with Crippen LogP contribution in [0.3, 0.4) is 0 Å². The molecule has 0 saturated carbocycles. The Labute approximate surface area is 119 Å². The molecular weight excluding hydrogens is 256 g/mol.